The van der Waals surface area contributed by atoms with Gasteiger partial charge < -0.3 is 20.1 Å². The van der Waals surface area contributed by atoms with Gasteiger partial charge >= 0.3 is 5.97 Å². The molecule has 2 aliphatic rings. The van der Waals surface area contributed by atoms with E-state index in [1.807, 2.05) is 37.4 Å². The number of aromatic nitrogens is 5. The van der Waals surface area contributed by atoms with Gasteiger partial charge in [-0.3, -0.25) is 9.36 Å². The van der Waals surface area contributed by atoms with Crippen LogP contribution in [0.2, 0.25) is 0 Å². The third kappa shape index (κ3) is 5.13. The van der Waals surface area contributed by atoms with Crippen LogP contribution in [0, 0.1) is 10.8 Å². The summed E-state index contributed by atoms with van der Waals surface area (Å²) in [5.41, 5.74) is 5.40. The van der Waals surface area contributed by atoms with Crippen molar-refractivity contribution in [1.29, 1.82) is 0 Å². The van der Waals surface area contributed by atoms with Gasteiger partial charge in [0.2, 0.25) is 0 Å². The van der Waals surface area contributed by atoms with Gasteiger partial charge in [-0.25, -0.2) is 14.5 Å². The van der Waals surface area contributed by atoms with Gasteiger partial charge in [-0.1, -0.05) is 26.1 Å². The standard InChI is InChI=1S/C32H37N7O3/c1-21(34-18-23-6-7-27-26(16-23)38-15-14-33-29(38)19-42-27)24-17-25(39-28(37-24)8-13-36-39)22(2)35-20-31(3)9-11-32(4,12-10-31)30(40)41-5/h6-8,13-17,34-35H,1-2,9-12,18-20H2,3-5H3. The van der Waals surface area contributed by atoms with Crippen LogP contribution in [-0.4, -0.2) is 43.8 Å². The Balaban J connectivity index is 1.13. The molecule has 1 aromatic carbocycles. The van der Waals surface area contributed by atoms with Crippen molar-refractivity contribution in [3.63, 3.8) is 0 Å². The lowest BCUT2D eigenvalue weighted by atomic mass is 9.65. The smallest absolute Gasteiger partial charge is 0.311 e. The zero-order chi connectivity index (χ0) is 29.5. The molecule has 0 bridgehead atoms. The topological polar surface area (TPSA) is 108 Å². The van der Waals surface area contributed by atoms with E-state index >= 15 is 0 Å². The molecule has 0 radical (unpaired) electrons. The summed E-state index contributed by atoms with van der Waals surface area (Å²) in [7, 11) is 1.47. The van der Waals surface area contributed by atoms with Crippen molar-refractivity contribution in [2.45, 2.75) is 52.7 Å². The lowest BCUT2D eigenvalue weighted by molar-refractivity contribution is -0.155. The van der Waals surface area contributed by atoms with Crippen LogP contribution in [0.4, 0.5) is 0 Å². The van der Waals surface area contributed by atoms with Crippen molar-refractivity contribution in [2.24, 2.45) is 10.8 Å². The van der Waals surface area contributed by atoms with Crippen LogP contribution < -0.4 is 15.4 Å². The molecule has 2 N–H and O–H groups in total. The van der Waals surface area contributed by atoms with Gasteiger partial charge in [0.15, 0.2) is 11.5 Å². The number of methoxy groups -OCH3 is 1. The van der Waals surface area contributed by atoms with Gasteiger partial charge in [0, 0.05) is 31.5 Å². The Morgan fingerprint density at radius 2 is 1.88 bits per heavy atom. The zero-order valence-corrected chi connectivity index (χ0v) is 24.4. The molecule has 10 heteroatoms. The third-order valence-electron chi connectivity index (χ3n) is 8.81. The average molecular weight is 568 g/mol. The van der Waals surface area contributed by atoms with E-state index in [1.165, 1.54) is 7.11 Å². The van der Waals surface area contributed by atoms with Gasteiger partial charge in [0.1, 0.15) is 12.4 Å². The van der Waals surface area contributed by atoms with Gasteiger partial charge in [-0.15, -0.1) is 0 Å². The highest BCUT2D eigenvalue weighted by Gasteiger charge is 2.42. The number of nitrogens with one attached hydrogen (secondary N) is 2. The molecule has 1 aliphatic heterocycles. The summed E-state index contributed by atoms with van der Waals surface area (Å²) < 4.78 is 14.7. The number of hydrogen-bond donors (Lipinski definition) is 2. The van der Waals surface area contributed by atoms with E-state index < -0.39 is 5.41 Å². The minimum absolute atomic E-state index is 0.0398. The molecule has 42 heavy (non-hydrogen) atoms. The summed E-state index contributed by atoms with van der Waals surface area (Å²) in [5.74, 6) is 1.61. The first-order valence-corrected chi connectivity index (χ1v) is 14.3. The Labute approximate surface area is 245 Å². The monoisotopic (exact) mass is 567 g/mol. The van der Waals surface area contributed by atoms with Crippen LogP contribution in [0.15, 0.2) is 62.1 Å². The fraction of sp³-hybridized carbons (Fsp3) is 0.375. The Kier molecular flexibility index (Phi) is 7.00. The quantitative estimate of drug-likeness (QED) is 0.276. The molecular formula is C32H37N7O3. The lowest BCUT2D eigenvalue weighted by Gasteiger charge is -2.41. The molecule has 0 saturated heterocycles. The second-order valence-electron chi connectivity index (χ2n) is 12.0. The number of fused-ring (bicyclic) bond motifs is 4. The number of benzene rings is 1. The highest BCUT2D eigenvalue weighted by atomic mass is 16.5. The molecule has 4 aromatic rings. The van der Waals surface area contributed by atoms with Crippen molar-refractivity contribution in [3.8, 4) is 11.4 Å². The van der Waals surface area contributed by atoms with Gasteiger partial charge in [-0.2, -0.15) is 5.10 Å². The minimum Gasteiger partial charge on any atom is -0.483 e. The summed E-state index contributed by atoms with van der Waals surface area (Å²) in [6.07, 6.45) is 8.93. The molecule has 1 aliphatic carbocycles. The fourth-order valence-corrected chi connectivity index (χ4v) is 5.81. The Bertz CT molecular complexity index is 1680. The number of carbonyl (C=O) groups is 1. The van der Waals surface area contributed by atoms with E-state index in [0.29, 0.717) is 24.5 Å². The highest BCUT2D eigenvalue weighted by molar-refractivity contribution is 5.76. The van der Waals surface area contributed by atoms with E-state index in [1.54, 1.807) is 16.9 Å². The van der Waals surface area contributed by atoms with Crippen LogP contribution in [0.1, 0.15) is 62.3 Å². The molecule has 0 spiro atoms. The summed E-state index contributed by atoms with van der Waals surface area (Å²) >= 11 is 0. The zero-order valence-electron chi connectivity index (χ0n) is 24.4. The van der Waals surface area contributed by atoms with E-state index in [9.17, 15) is 4.79 Å². The van der Waals surface area contributed by atoms with E-state index in [4.69, 9.17) is 14.5 Å². The molecule has 1 saturated carbocycles. The fourth-order valence-electron chi connectivity index (χ4n) is 5.81. The second-order valence-corrected chi connectivity index (χ2v) is 12.0. The van der Waals surface area contributed by atoms with Crippen LogP contribution in [-0.2, 0) is 22.7 Å². The second kappa shape index (κ2) is 10.7. The number of imidazole rings is 1. The SMILES string of the molecule is C=C(NCc1ccc2c(c1)-n1ccnc1CO2)c1cc(C(=C)NCC2(C)CCC(C)(C(=O)OC)CC2)n2nccc2n1. The Hall–Kier alpha value is -4.60. The third-order valence-corrected chi connectivity index (χ3v) is 8.81. The molecule has 1 fully saturated rings. The molecule has 6 rings (SSSR count). The normalized spacial score (nSPS) is 21.1. The predicted molar refractivity (Wildman–Crippen MR) is 160 cm³/mol. The van der Waals surface area contributed by atoms with Crippen molar-refractivity contribution in [2.75, 3.05) is 13.7 Å². The molecule has 218 valence electrons. The van der Waals surface area contributed by atoms with Crippen LogP contribution in [0.25, 0.3) is 22.7 Å². The Morgan fingerprint density at radius 1 is 1.07 bits per heavy atom. The van der Waals surface area contributed by atoms with Crippen molar-refractivity contribution in [1.82, 2.24) is 34.8 Å². The van der Waals surface area contributed by atoms with Gasteiger partial charge in [-0.05, 0) is 61.8 Å². The predicted octanol–water partition coefficient (Wildman–Crippen LogP) is 4.89. The Morgan fingerprint density at radius 3 is 2.67 bits per heavy atom. The average Bonchev–Trinajstić information content (AvgIpc) is 3.69. The van der Waals surface area contributed by atoms with Gasteiger partial charge in [0.05, 0.1) is 47.2 Å². The van der Waals surface area contributed by atoms with E-state index in [-0.39, 0.29) is 11.4 Å². The van der Waals surface area contributed by atoms with Crippen molar-refractivity contribution < 1.29 is 14.3 Å². The highest BCUT2D eigenvalue weighted by Crippen LogP contribution is 2.45. The maximum absolute atomic E-state index is 12.3. The summed E-state index contributed by atoms with van der Waals surface area (Å²) in [6, 6.07) is 9.97. The first-order valence-electron chi connectivity index (χ1n) is 14.3. The van der Waals surface area contributed by atoms with Crippen LogP contribution >= 0.6 is 0 Å². The molecule has 0 atom stereocenters. The molecule has 4 heterocycles. The number of hydrogen-bond acceptors (Lipinski definition) is 8. The lowest BCUT2D eigenvalue weighted by Crippen LogP contribution is -2.41. The summed E-state index contributed by atoms with van der Waals surface area (Å²) in [4.78, 5) is 21.4. The molecule has 10 nitrogen and oxygen atoms in total. The first kappa shape index (κ1) is 27.6. The van der Waals surface area contributed by atoms with E-state index in [0.717, 1.165) is 72.1 Å². The molecule has 0 unspecified atom stereocenters. The molecular weight excluding hydrogens is 530 g/mol. The largest absolute Gasteiger partial charge is 0.483 e. The molecule has 3 aromatic heterocycles. The summed E-state index contributed by atoms with van der Waals surface area (Å²) in [5, 5.41) is 11.5. The van der Waals surface area contributed by atoms with Crippen molar-refractivity contribution >= 4 is 23.0 Å². The number of ether oxygens (including phenoxy) is 2. The van der Waals surface area contributed by atoms with Gasteiger partial charge in [0.25, 0.3) is 0 Å². The summed E-state index contributed by atoms with van der Waals surface area (Å²) in [6.45, 7) is 14.7. The maximum atomic E-state index is 12.3. The van der Waals surface area contributed by atoms with Crippen LogP contribution in [0.3, 0.4) is 0 Å². The number of rotatable bonds is 9. The maximum Gasteiger partial charge on any atom is 0.311 e. The molecule has 0 amide bonds. The van der Waals surface area contributed by atoms with Crippen molar-refractivity contribution in [3.05, 3.63) is 84.9 Å². The first-order chi connectivity index (χ1) is 20.2. The number of nitrogens with zero attached hydrogens (tertiary/aromatic N) is 5. The minimum atomic E-state index is -0.408. The number of esters is 1. The number of carbonyl (C=O) groups excluding carboxylic acids is 1. The van der Waals surface area contributed by atoms with E-state index in [2.05, 4.69) is 51.4 Å². The van der Waals surface area contributed by atoms with Crippen LogP contribution in [0.5, 0.6) is 5.75 Å².